The maximum absolute atomic E-state index is 14.8. The van der Waals surface area contributed by atoms with E-state index < -0.39 is 23.6 Å². The first-order valence-corrected chi connectivity index (χ1v) is 9.10. The minimum absolute atomic E-state index is 0.0163. The lowest BCUT2D eigenvalue weighted by Crippen LogP contribution is -2.34. The molecule has 0 saturated heterocycles. The lowest BCUT2D eigenvalue weighted by atomic mass is 9.97. The van der Waals surface area contributed by atoms with Crippen LogP contribution in [0.3, 0.4) is 0 Å². The number of amides is 1. The molecule has 1 N–H and O–H groups in total. The number of carbonyl (C=O) groups excluding carboxylic acids is 1. The molecule has 0 radical (unpaired) electrons. The number of nitriles is 1. The molecule has 1 atom stereocenters. The van der Waals surface area contributed by atoms with Crippen LogP contribution in [0.4, 0.5) is 9.18 Å². The fourth-order valence-corrected chi connectivity index (χ4v) is 2.67. The number of nitrogens with zero attached hydrogens (tertiary/aromatic N) is 1. The van der Waals surface area contributed by atoms with Crippen LogP contribution in [-0.2, 0) is 9.47 Å². The van der Waals surface area contributed by atoms with Gasteiger partial charge in [0.15, 0.2) is 6.79 Å². The molecule has 154 valence electrons. The smallest absolute Gasteiger partial charge is 0.408 e. The van der Waals surface area contributed by atoms with Crippen LogP contribution in [0.25, 0.3) is 11.1 Å². The fraction of sp³-hybridized carbons (Fsp3) is 0.364. The predicted octanol–water partition coefficient (Wildman–Crippen LogP) is 4.93. The topological polar surface area (TPSA) is 80.6 Å². The van der Waals surface area contributed by atoms with Crippen LogP contribution in [0.15, 0.2) is 36.4 Å². The van der Waals surface area contributed by atoms with Gasteiger partial charge in [0.05, 0.1) is 11.6 Å². The molecule has 0 aliphatic rings. The van der Waals surface area contributed by atoms with Crippen LogP contribution in [0.1, 0.15) is 44.9 Å². The van der Waals surface area contributed by atoms with Crippen molar-refractivity contribution in [3.05, 3.63) is 53.3 Å². The van der Waals surface area contributed by atoms with E-state index in [2.05, 4.69) is 5.32 Å². The van der Waals surface area contributed by atoms with Crippen molar-refractivity contribution in [2.75, 3.05) is 13.9 Å². The number of halogens is 1. The van der Waals surface area contributed by atoms with E-state index in [0.29, 0.717) is 11.3 Å². The molecule has 0 aliphatic carbocycles. The van der Waals surface area contributed by atoms with E-state index in [0.717, 1.165) is 5.56 Å². The zero-order chi connectivity index (χ0) is 21.6. The van der Waals surface area contributed by atoms with Crippen LogP contribution in [0.5, 0.6) is 5.75 Å². The van der Waals surface area contributed by atoms with Crippen molar-refractivity contribution in [2.24, 2.45) is 0 Å². The highest BCUT2D eigenvalue weighted by molar-refractivity contribution is 5.74. The summed E-state index contributed by atoms with van der Waals surface area (Å²) in [6.07, 6.45) is -0.552. The molecule has 2 aromatic rings. The van der Waals surface area contributed by atoms with Gasteiger partial charge in [-0.2, -0.15) is 5.26 Å². The summed E-state index contributed by atoms with van der Waals surface area (Å²) in [4.78, 5) is 12.1. The standard InChI is InChI=1S/C22H25FN2O4/c1-14(25-21(26)29-22(2,3)4)15-9-10-19(28-13-27-5)18(11-15)17-8-6-7-16(12-24)20(17)23/h6-11,14H,13H2,1-5H3,(H,25,26). The van der Waals surface area contributed by atoms with Gasteiger partial charge in [-0.25, -0.2) is 9.18 Å². The van der Waals surface area contributed by atoms with E-state index in [9.17, 15) is 9.18 Å². The van der Waals surface area contributed by atoms with Crippen molar-refractivity contribution in [1.29, 1.82) is 5.26 Å². The van der Waals surface area contributed by atoms with E-state index in [1.54, 1.807) is 58.0 Å². The third-order valence-electron chi connectivity index (χ3n) is 3.98. The van der Waals surface area contributed by atoms with Gasteiger partial charge in [0.25, 0.3) is 0 Å². The molecule has 0 heterocycles. The highest BCUT2D eigenvalue weighted by Gasteiger charge is 2.20. The second-order valence-corrected chi connectivity index (χ2v) is 7.45. The first-order chi connectivity index (χ1) is 13.7. The number of alkyl carbamates (subject to hydrolysis) is 1. The highest BCUT2D eigenvalue weighted by Crippen LogP contribution is 2.35. The van der Waals surface area contributed by atoms with Gasteiger partial charge in [-0.05, 0) is 51.5 Å². The molecule has 0 spiro atoms. The SMILES string of the molecule is COCOc1ccc(C(C)NC(=O)OC(C)(C)C)cc1-c1cccc(C#N)c1F. The summed E-state index contributed by atoms with van der Waals surface area (Å²) in [5.74, 6) is -0.240. The van der Waals surface area contributed by atoms with Crippen LogP contribution in [0.2, 0.25) is 0 Å². The fourth-order valence-electron chi connectivity index (χ4n) is 2.67. The maximum atomic E-state index is 14.8. The summed E-state index contributed by atoms with van der Waals surface area (Å²) in [5, 5.41) is 11.9. The maximum Gasteiger partial charge on any atom is 0.408 e. The van der Waals surface area contributed by atoms with Crippen LogP contribution in [-0.4, -0.2) is 25.6 Å². The molecule has 1 unspecified atom stereocenters. The Balaban J connectivity index is 2.42. The van der Waals surface area contributed by atoms with Crippen LogP contribution in [0, 0.1) is 17.1 Å². The second kappa shape index (κ2) is 9.39. The Morgan fingerprint density at radius 1 is 1.24 bits per heavy atom. The zero-order valence-electron chi connectivity index (χ0n) is 17.2. The number of nitrogens with one attached hydrogen (secondary N) is 1. The van der Waals surface area contributed by atoms with Gasteiger partial charge in [0, 0.05) is 18.2 Å². The summed E-state index contributed by atoms with van der Waals surface area (Å²) in [5.41, 5.74) is 0.713. The van der Waals surface area contributed by atoms with Gasteiger partial charge in [-0.15, -0.1) is 0 Å². The van der Waals surface area contributed by atoms with E-state index >= 15 is 0 Å². The number of hydrogen-bond donors (Lipinski definition) is 1. The van der Waals surface area contributed by atoms with Crippen molar-refractivity contribution in [3.63, 3.8) is 0 Å². The number of ether oxygens (including phenoxy) is 3. The summed E-state index contributed by atoms with van der Waals surface area (Å²) in [6, 6.07) is 11.2. The Labute approximate surface area is 170 Å². The van der Waals surface area contributed by atoms with Crippen molar-refractivity contribution in [2.45, 2.75) is 39.3 Å². The molecule has 7 heteroatoms. The Morgan fingerprint density at radius 2 is 1.97 bits per heavy atom. The molecule has 0 bridgehead atoms. The lowest BCUT2D eigenvalue weighted by molar-refractivity contribution is 0.0508. The molecule has 0 saturated carbocycles. The average Bonchev–Trinajstić information content (AvgIpc) is 2.65. The average molecular weight is 400 g/mol. The number of rotatable bonds is 6. The lowest BCUT2D eigenvalue weighted by Gasteiger charge is -2.22. The number of carbonyl (C=O) groups is 1. The summed E-state index contributed by atoms with van der Waals surface area (Å²) >= 11 is 0. The number of benzene rings is 2. The van der Waals surface area contributed by atoms with Crippen LogP contribution >= 0.6 is 0 Å². The molecule has 2 rings (SSSR count). The summed E-state index contributed by atoms with van der Waals surface area (Å²) in [6.45, 7) is 7.12. The Morgan fingerprint density at radius 3 is 2.59 bits per heavy atom. The largest absolute Gasteiger partial charge is 0.467 e. The first kappa shape index (κ1) is 22.2. The van der Waals surface area contributed by atoms with Crippen molar-refractivity contribution in [1.82, 2.24) is 5.32 Å². The molecule has 29 heavy (non-hydrogen) atoms. The molecule has 6 nitrogen and oxygen atoms in total. The summed E-state index contributed by atoms with van der Waals surface area (Å²) < 4.78 is 30.6. The van der Waals surface area contributed by atoms with Crippen LogP contribution < -0.4 is 10.1 Å². The Kier molecular flexibility index (Phi) is 7.18. The predicted molar refractivity (Wildman–Crippen MR) is 107 cm³/mol. The molecular formula is C22H25FN2O4. The van der Waals surface area contributed by atoms with E-state index in [-0.39, 0.29) is 17.9 Å². The van der Waals surface area contributed by atoms with E-state index in [1.807, 2.05) is 6.07 Å². The van der Waals surface area contributed by atoms with Gasteiger partial charge in [-0.1, -0.05) is 18.2 Å². The zero-order valence-corrected chi connectivity index (χ0v) is 17.2. The first-order valence-electron chi connectivity index (χ1n) is 9.10. The van der Waals surface area contributed by atoms with Gasteiger partial charge >= 0.3 is 6.09 Å². The number of methoxy groups -OCH3 is 1. The molecule has 0 fully saturated rings. The minimum Gasteiger partial charge on any atom is -0.467 e. The Bertz CT molecular complexity index is 916. The van der Waals surface area contributed by atoms with E-state index in [1.165, 1.54) is 13.2 Å². The minimum atomic E-state index is -0.637. The normalized spacial score (nSPS) is 12.0. The van der Waals surface area contributed by atoms with Gasteiger partial charge in [-0.3, -0.25) is 0 Å². The van der Waals surface area contributed by atoms with Crippen molar-refractivity contribution >= 4 is 6.09 Å². The Hall–Kier alpha value is -3.11. The van der Waals surface area contributed by atoms with Gasteiger partial charge in [0.2, 0.25) is 0 Å². The van der Waals surface area contributed by atoms with Gasteiger partial charge < -0.3 is 19.5 Å². The quantitative estimate of drug-likeness (QED) is 0.695. The molecule has 0 aromatic heterocycles. The highest BCUT2D eigenvalue weighted by atomic mass is 19.1. The monoisotopic (exact) mass is 400 g/mol. The molecule has 2 aromatic carbocycles. The third kappa shape index (κ3) is 5.93. The van der Waals surface area contributed by atoms with Gasteiger partial charge in [0.1, 0.15) is 23.2 Å². The third-order valence-corrected chi connectivity index (χ3v) is 3.98. The van der Waals surface area contributed by atoms with Crippen molar-refractivity contribution in [3.8, 4) is 22.9 Å². The number of hydrogen-bond acceptors (Lipinski definition) is 5. The van der Waals surface area contributed by atoms with Crippen molar-refractivity contribution < 1.29 is 23.4 Å². The summed E-state index contributed by atoms with van der Waals surface area (Å²) in [7, 11) is 1.48. The molecule has 1 amide bonds. The second-order valence-electron chi connectivity index (χ2n) is 7.45. The molecule has 0 aliphatic heterocycles. The van der Waals surface area contributed by atoms with E-state index in [4.69, 9.17) is 19.5 Å². The molecular weight excluding hydrogens is 375 g/mol.